The van der Waals surface area contributed by atoms with Crippen molar-refractivity contribution < 1.29 is 0 Å². The molecule has 0 unspecified atom stereocenters. The Morgan fingerprint density at radius 2 is 2.29 bits per heavy atom. The standard InChI is InChI=1S/C10H13ClN6/c11-8-7-9(16-10(12)15-8)13-3-1-5-17-6-2-4-14-17/h2,4,6-7H,1,3,5H2,(H3,12,13,15,16). The zero-order valence-electron chi connectivity index (χ0n) is 9.17. The maximum absolute atomic E-state index is 5.76. The van der Waals surface area contributed by atoms with E-state index in [1.165, 1.54) is 0 Å². The lowest BCUT2D eigenvalue weighted by molar-refractivity contribution is 0.591. The van der Waals surface area contributed by atoms with Crippen LogP contribution >= 0.6 is 11.6 Å². The van der Waals surface area contributed by atoms with Crippen LogP contribution < -0.4 is 11.1 Å². The second-order valence-corrected chi connectivity index (χ2v) is 3.87. The monoisotopic (exact) mass is 252 g/mol. The highest BCUT2D eigenvalue weighted by molar-refractivity contribution is 6.29. The van der Waals surface area contributed by atoms with Gasteiger partial charge in [0, 0.05) is 31.5 Å². The molecule has 7 heteroatoms. The molecule has 3 N–H and O–H groups in total. The first-order chi connectivity index (χ1) is 8.24. The van der Waals surface area contributed by atoms with Crippen LogP contribution in [0.3, 0.4) is 0 Å². The minimum absolute atomic E-state index is 0.173. The van der Waals surface area contributed by atoms with Crippen molar-refractivity contribution in [1.82, 2.24) is 19.7 Å². The molecular formula is C10H13ClN6. The van der Waals surface area contributed by atoms with Gasteiger partial charge in [0.15, 0.2) is 0 Å². The van der Waals surface area contributed by atoms with Crippen molar-refractivity contribution in [3.8, 4) is 0 Å². The molecule has 0 aliphatic rings. The van der Waals surface area contributed by atoms with E-state index in [1.54, 1.807) is 12.3 Å². The second-order valence-electron chi connectivity index (χ2n) is 3.48. The summed E-state index contributed by atoms with van der Waals surface area (Å²) in [6.07, 6.45) is 4.63. The van der Waals surface area contributed by atoms with Crippen molar-refractivity contribution in [3.63, 3.8) is 0 Å². The molecule has 2 rings (SSSR count). The van der Waals surface area contributed by atoms with Crippen LogP contribution in [0.5, 0.6) is 0 Å². The Hall–Kier alpha value is -1.82. The number of anilines is 2. The lowest BCUT2D eigenvalue weighted by Crippen LogP contribution is -2.09. The maximum atomic E-state index is 5.76. The average Bonchev–Trinajstić information content (AvgIpc) is 2.76. The molecule has 2 aromatic rings. The van der Waals surface area contributed by atoms with Gasteiger partial charge in [-0.25, -0.2) is 4.98 Å². The number of aryl methyl sites for hydroxylation is 1. The summed E-state index contributed by atoms with van der Waals surface area (Å²) < 4.78 is 1.88. The van der Waals surface area contributed by atoms with Gasteiger partial charge in [-0.1, -0.05) is 11.6 Å². The van der Waals surface area contributed by atoms with E-state index in [9.17, 15) is 0 Å². The molecule has 90 valence electrons. The van der Waals surface area contributed by atoms with Gasteiger partial charge in [-0.2, -0.15) is 10.1 Å². The molecule has 0 aliphatic carbocycles. The first kappa shape index (κ1) is 11.7. The second kappa shape index (κ2) is 5.49. The van der Waals surface area contributed by atoms with Gasteiger partial charge in [0.1, 0.15) is 11.0 Å². The van der Waals surface area contributed by atoms with Crippen molar-refractivity contribution in [1.29, 1.82) is 0 Å². The lowest BCUT2D eigenvalue weighted by Gasteiger charge is -2.06. The molecule has 2 heterocycles. The molecule has 0 amide bonds. The normalized spacial score (nSPS) is 10.4. The van der Waals surface area contributed by atoms with Crippen LogP contribution in [0.15, 0.2) is 24.5 Å². The first-order valence-electron chi connectivity index (χ1n) is 5.25. The quantitative estimate of drug-likeness (QED) is 0.621. The fourth-order valence-electron chi connectivity index (χ4n) is 1.42. The van der Waals surface area contributed by atoms with Crippen LogP contribution in [0.4, 0.5) is 11.8 Å². The highest BCUT2D eigenvalue weighted by Gasteiger charge is 1.99. The van der Waals surface area contributed by atoms with Crippen LogP contribution in [-0.2, 0) is 6.54 Å². The summed E-state index contributed by atoms with van der Waals surface area (Å²) in [7, 11) is 0. The molecule has 0 fully saturated rings. The molecule has 0 saturated heterocycles. The molecule has 0 radical (unpaired) electrons. The van der Waals surface area contributed by atoms with Gasteiger partial charge in [-0.3, -0.25) is 4.68 Å². The fraction of sp³-hybridized carbons (Fsp3) is 0.300. The SMILES string of the molecule is Nc1nc(Cl)cc(NCCCn2cccn2)n1. The third-order valence-corrected chi connectivity index (χ3v) is 2.34. The zero-order chi connectivity index (χ0) is 12.1. The van der Waals surface area contributed by atoms with E-state index in [-0.39, 0.29) is 5.95 Å². The van der Waals surface area contributed by atoms with Crippen LogP contribution in [0.25, 0.3) is 0 Å². The maximum Gasteiger partial charge on any atom is 0.223 e. The van der Waals surface area contributed by atoms with Crippen LogP contribution in [0.1, 0.15) is 6.42 Å². The summed E-state index contributed by atoms with van der Waals surface area (Å²) in [5.41, 5.74) is 5.48. The summed E-state index contributed by atoms with van der Waals surface area (Å²) >= 11 is 5.76. The Morgan fingerprint density at radius 3 is 3.00 bits per heavy atom. The summed E-state index contributed by atoms with van der Waals surface area (Å²) in [5.74, 6) is 0.815. The van der Waals surface area contributed by atoms with Gasteiger partial charge >= 0.3 is 0 Å². The highest BCUT2D eigenvalue weighted by atomic mass is 35.5. The predicted molar refractivity (Wildman–Crippen MR) is 66.8 cm³/mol. The van der Waals surface area contributed by atoms with E-state index >= 15 is 0 Å². The topological polar surface area (TPSA) is 81.6 Å². The fourth-order valence-corrected chi connectivity index (χ4v) is 1.61. The van der Waals surface area contributed by atoms with Crippen molar-refractivity contribution in [2.75, 3.05) is 17.6 Å². The molecule has 0 aliphatic heterocycles. The number of nitrogens with zero attached hydrogens (tertiary/aromatic N) is 4. The van der Waals surface area contributed by atoms with Gasteiger partial charge in [-0.15, -0.1) is 0 Å². The molecule has 0 saturated carbocycles. The third kappa shape index (κ3) is 3.60. The summed E-state index contributed by atoms with van der Waals surface area (Å²) in [4.78, 5) is 7.80. The number of aromatic nitrogens is 4. The van der Waals surface area contributed by atoms with E-state index < -0.39 is 0 Å². The predicted octanol–water partition coefficient (Wildman–Crippen LogP) is 1.41. The zero-order valence-corrected chi connectivity index (χ0v) is 9.93. The Kier molecular flexibility index (Phi) is 3.77. The number of hydrogen-bond donors (Lipinski definition) is 2. The summed E-state index contributed by atoms with van der Waals surface area (Å²) in [6.45, 7) is 1.63. The van der Waals surface area contributed by atoms with E-state index in [1.807, 2.05) is 16.9 Å². The van der Waals surface area contributed by atoms with Crippen molar-refractivity contribution in [2.45, 2.75) is 13.0 Å². The summed E-state index contributed by atoms with van der Waals surface area (Å²) in [5, 5.41) is 7.58. The highest BCUT2D eigenvalue weighted by Crippen LogP contribution is 2.12. The number of hydrogen-bond acceptors (Lipinski definition) is 5. The van der Waals surface area contributed by atoms with E-state index in [0.717, 1.165) is 19.5 Å². The Labute approximate surface area is 104 Å². The van der Waals surface area contributed by atoms with Gasteiger partial charge in [0.05, 0.1) is 0 Å². The molecule has 6 nitrogen and oxygen atoms in total. The Balaban J connectivity index is 1.78. The minimum Gasteiger partial charge on any atom is -0.370 e. The molecule has 0 spiro atoms. The smallest absolute Gasteiger partial charge is 0.223 e. The van der Waals surface area contributed by atoms with Gasteiger partial charge < -0.3 is 11.1 Å². The first-order valence-corrected chi connectivity index (χ1v) is 5.63. The number of halogens is 1. The van der Waals surface area contributed by atoms with Crippen molar-refractivity contribution in [2.24, 2.45) is 0 Å². The number of nitrogens with one attached hydrogen (secondary N) is 1. The van der Waals surface area contributed by atoms with Gasteiger partial charge in [0.2, 0.25) is 5.95 Å². The van der Waals surface area contributed by atoms with E-state index in [0.29, 0.717) is 11.0 Å². The molecule has 0 bridgehead atoms. The van der Waals surface area contributed by atoms with Crippen molar-refractivity contribution in [3.05, 3.63) is 29.7 Å². The molecule has 2 aromatic heterocycles. The van der Waals surface area contributed by atoms with Crippen LogP contribution in [0, 0.1) is 0 Å². The van der Waals surface area contributed by atoms with E-state index in [4.69, 9.17) is 17.3 Å². The third-order valence-electron chi connectivity index (χ3n) is 2.14. The summed E-state index contributed by atoms with van der Waals surface area (Å²) in [6, 6.07) is 3.55. The number of nitrogens with two attached hydrogens (primary N) is 1. The lowest BCUT2D eigenvalue weighted by atomic mass is 10.4. The molecular weight excluding hydrogens is 240 g/mol. The largest absolute Gasteiger partial charge is 0.370 e. The Morgan fingerprint density at radius 1 is 1.41 bits per heavy atom. The Bertz CT molecular complexity index is 449. The van der Waals surface area contributed by atoms with Crippen LogP contribution in [-0.4, -0.2) is 26.3 Å². The molecule has 0 atom stereocenters. The van der Waals surface area contributed by atoms with Gasteiger partial charge in [0.25, 0.3) is 0 Å². The van der Waals surface area contributed by atoms with Crippen molar-refractivity contribution >= 4 is 23.4 Å². The average molecular weight is 253 g/mol. The van der Waals surface area contributed by atoms with E-state index in [2.05, 4.69) is 20.4 Å². The number of nitrogen functional groups attached to an aromatic ring is 1. The minimum atomic E-state index is 0.173. The molecule has 17 heavy (non-hydrogen) atoms. The molecule has 0 aromatic carbocycles. The number of rotatable bonds is 5. The van der Waals surface area contributed by atoms with Gasteiger partial charge in [-0.05, 0) is 12.5 Å². The van der Waals surface area contributed by atoms with Crippen LogP contribution in [0.2, 0.25) is 5.15 Å².